The number of aromatic nitrogens is 5. The Morgan fingerprint density at radius 3 is 2.61 bits per heavy atom. The van der Waals surface area contributed by atoms with E-state index in [2.05, 4.69) is 20.5 Å². The highest BCUT2D eigenvalue weighted by Gasteiger charge is 2.38. The van der Waals surface area contributed by atoms with Crippen molar-refractivity contribution in [3.63, 3.8) is 0 Å². The first-order chi connectivity index (χ1) is 14.7. The van der Waals surface area contributed by atoms with Crippen LogP contribution in [0.1, 0.15) is 42.6 Å². The van der Waals surface area contributed by atoms with Crippen molar-refractivity contribution in [3.05, 3.63) is 58.6 Å². The van der Waals surface area contributed by atoms with Crippen LogP contribution in [-0.4, -0.2) is 30.5 Å². The van der Waals surface area contributed by atoms with E-state index in [1.807, 2.05) is 12.1 Å². The van der Waals surface area contributed by atoms with Crippen molar-refractivity contribution < 1.29 is 18.0 Å². The first-order valence-electron chi connectivity index (χ1n) is 9.79. The minimum atomic E-state index is -4.51. The number of carbonyl (C=O) groups excluding carboxylic acids is 1. The molecule has 0 bridgehead atoms. The van der Waals surface area contributed by atoms with E-state index in [0.717, 1.165) is 24.5 Å². The molecule has 2 aromatic heterocycles. The number of nitrogens with zero attached hydrogens (tertiary/aromatic N) is 5. The molecule has 4 rings (SSSR count). The first kappa shape index (κ1) is 21.4. The van der Waals surface area contributed by atoms with Gasteiger partial charge in [0.15, 0.2) is 5.69 Å². The monoisotopic (exact) mass is 452 g/mol. The second kappa shape index (κ2) is 8.33. The van der Waals surface area contributed by atoms with Gasteiger partial charge in [-0.2, -0.15) is 18.3 Å². The third-order valence-electron chi connectivity index (χ3n) is 5.02. The van der Waals surface area contributed by atoms with Crippen LogP contribution in [0.4, 0.5) is 19.1 Å². The Morgan fingerprint density at radius 1 is 1.26 bits per heavy atom. The second-order valence-electron chi connectivity index (χ2n) is 7.69. The summed E-state index contributed by atoms with van der Waals surface area (Å²) in [7, 11) is 0. The number of benzene rings is 1. The van der Waals surface area contributed by atoms with E-state index < -0.39 is 23.7 Å². The number of anilines is 1. The molecule has 31 heavy (non-hydrogen) atoms. The SMILES string of the molecule is CC(Cn1nc(C(F)(F)F)cc1C1CC1)C(=O)Nc1ncn(Cc2ccc(Cl)cc2)n1. The third-order valence-corrected chi connectivity index (χ3v) is 5.27. The summed E-state index contributed by atoms with van der Waals surface area (Å²) in [4.78, 5) is 16.6. The van der Waals surface area contributed by atoms with Crippen LogP contribution in [0, 0.1) is 5.92 Å². The lowest BCUT2D eigenvalue weighted by Gasteiger charge is -2.13. The molecule has 1 saturated carbocycles. The minimum Gasteiger partial charge on any atom is -0.293 e. The quantitative estimate of drug-likeness (QED) is 0.578. The summed E-state index contributed by atoms with van der Waals surface area (Å²) < 4.78 is 42.0. The molecule has 11 heteroatoms. The molecule has 0 aliphatic heterocycles. The predicted octanol–water partition coefficient (Wildman–Crippen LogP) is 4.35. The van der Waals surface area contributed by atoms with Gasteiger partial charge in [-0.05, 0) is 36.6 Å². The largest absolute Gasteiger partial charge is 0.435 e. The molecule has 1 N–H and O–H groups in total. The molecule has 1 aromatic carbocycles. The Hall–Kier alpha value is -2.88. The number of amides is 1. The van der Waals surface area contributed by atoms with Gasteiger partial charge in [0.25, 0.3) is 0 Å². The molecule has 1 aliphatic rings. The zero-order valence-corrected chi connectivity index (χ0v) is 17.4. The Kier molecular flexibility index (Phi) is 5.74. The highest BCUT2D eigenvalue weighted by Crippen LogP contribution is 2.42. The molecule has 2 heterocycles. The highest BCUT2D eigenvalue weighted by atomic mass is 35.5. The van der Waals surface area contributed by atoms with Crippen molar-refractivity contribution in [1.29, 1.82) is 0 Å². The number of nitrogens with one attached hydrogen (secondary N) is 1. The van der Waals surface area contributed by atoms with Gasteiger partial charge < -0.3 is 0 Å². The molecule has 0 radical (unpaired) electrons. The van der Waals surface area contributed by atoms with E-state index in [1.54, 1.807) is 23.7 Å². The van der Waals surface area contributed by atoms with E-state index in [-0.39, 0.29) is 18.4 Å². The van der Waals surface area contributed by atoms with E-state index in [4.69, 9.17) is 11.6 Å². The Balaban J connectivity index is 1.39. The van der Waals surface area contributed by atoms with Crippen molar-refractivity contribution in [2.45, 2.75) is 44.9 Å². The van der Waals surface area contributed by atoms with Gasteiger partial charge in [-0.25, -0.2) is 9.67 Å². The number of alkyl halides is 3. The van der Waals surface area contributed by atoms with Crippen molar-refractivity contribution >= 4 is 23.5 Å². The van der Waals surface area contributed by atoms with Crippen LogP contribution in [0.3, 0.4) is 0 Å². The molecule has 0 spiro atoms. The van der Waals surface area contributed by atoms with Crippen LogP contribution in [0.5, 0.6) is 0 Å². The number of rotatable bonds is 7. The lowest BCUT2D eigenvalue weighted by atomic mass is 10.1. The van der Waals surface area contributed by atoms with E-state index in [9.17, 15) is 18.0 Å². The summed E-state index contributed by atoms with van der Waals surface area (Å²) >= 11 is 5.87. The lowest BCUT2D eigenvalue weighted by Crippen LogP contribution is -2.26. The summed E-state index contributed by atoms with van der Waals surface area (Å²) in [5, 5.41) is 11.2. The summed E-state index contributed by atoms with van der Waals surface area (Å²) in [5.41, 5.74) is 0.564. The van der Waals surface area contributed by atoms with Gasteiger partial charge in [0.2, 0.25) is 11.9 Å². The van der Waals surface area contributed by atoms with Crippen molar-refractivity contribution in [2.24, 2.45) is 5.92 Å². The Morgan fingerprint density at radius 2 is 1.97 bits per heavy atom. The molecule has 0 saturated heterocycles. The second-order valence-corrected chi connectivity index (χ2v) is 8.13. The van der Waals surface area contributed by atoms with Gasteiger partial charge in [-0.1, -0.05) is 30.7 Å². The first-order valence-corrected chi connectivity index (χ1v) is 10.2. The average molecular weight is 453 g/mol. The molecule has 7 nitrogen and oxygen atoms in total. The number of hydrogen-bond donors (Lipinski definition) is 1. The van der Waals surface area contributed by atoms with Crippen LogP contribution in [0.25, 0.3) is 0 Å². The van der Waals surface area contributed by atoms with Crippen LogP contribution in [-0.2, 0) is 24.1 Å². The fraction of sp³-hybridized carbons (Fsp3) is 0.400. The van der Waals surface area contributed by atoms with Gasteiger partial charge >= 0.3 is 6.18 Å². The van der Waals surface area contributed by atoms with Crippen LogP contribution in [0.15, 0.2) is 36.7 Å². The van der Waals surface area contributed by atoms with Gasteiger partial charge in [-0.3, -0.25) is 14.8 Å². The Bertz CT molecular complexity index is 1070. The smallest absolute Gasteiger partial charge is 0.293 e. The number of hydrogen-bond acceptors (Lipinski definition) is 4. The van der Waals surface area contributed by atoms with Gasteiger partial charge in [0.1, 0.15) is 6.33 Å². The summed E-state index contributed by atoms with van der Waals surface area (Å²) in [5.74, 6) is -0.814. The molecule has 1 aliphatic carbocycles. The summed E-state index contributed by atoms with van der Waals surface area (Å²) in [6.07, 6.45) is -1.36. The van der Waals surface area contributed by atoms with Gasteiger partial charge in [0.05, 0.1) is 19.0 Å². The summed E-state index contributed by atoms with van der Waals surface area (Å²) in [6, 6.07) is 8.35. The molecule has 1 unspecified atom stereocenters. The molecule has 1 fully saturated rings. The maximum atomic E-state index is 13.0. The molecule has 1 amide bonds. The lowest BCUT2D eigenvalue weighted by molar-refractivity contribution is -0.141. The normalized spacial score (nSPS) is 15.1. The van der Waals surface area contributed by atoms with Gasteiger partial charge in [0, 0.05) is 16.6 Å². The van der Waals surface area contributed by atoms with Crippen molar-refractivity contribution in [2.75, 3.05) is 5.32 Å². The van der Waals surface area contributed by atoms with Crippen LogP contribution in [0.2, 0.25) is 5.02 Å². The summed E-state index contributed by atoms with van der Waals surface area (Å²) in [6.45, 7) is 2.12. The van der Waals surface area contributed by atoms with Crippen molar-refractivity contribution in [3.8, 4) is 0 Å². The van der Waals surface area contributed by atoms with E-state index in [0.29, 0.717) is 17.3 Å². The molecule has 3 aromatic rings. The zero-order valence-electron chi connectivity index (χ0n) is 16.6. The molecule has 1 atom stereocenters. The Labute approximate surface area is 181 Å². The minimum absolute atomic E-state index is 0.0409. The van der Waals surface area contributed by atoms with E-state index in [1.165, 1.54) is 11.0 Å². The van der Waals surface area contributed by atoms with Crippen LogP contribution < -0.4 is 5.32 Å². The van der Waals surface area contributed by atoms with Gasteiger partial charge in [-0.15, -0.1) is 5.10 Å². The van der Waals surface area contributed by atoms with Crippen molar-refractivity contribution in [1.82, 2.24) is 24.5 Å². The van der Waals surface area contributed by atoms with Crippen LogP contribution >= 0.6 is 11.6 Å². The third kappa shape index (κ3) is 5.25. The molecule has 164 valence electrons. The topological polar surface area (TPSA) is 77.6 Å². The zero-order chi connectivity index (χ0) is 22.2. The fourth-order valence-electron chi connectivity index (χ4n) is 3.20. The molecular formula is C20H20ClF3N6O. The maximum Gasteiger partial charge on any atom is 0.435 e. The fourth-order valence-corrected chi connectivity index (χ4v) is 3.33. The standard InChI is InChI=1S/C20H20ClF3N6O/c1-12(9-30-16(14-4-5-14)8-17(27-30)20(22,23)24)18(31)26-19-25-11-29(28-19)10-13-2-6-15(21)7-3-13/h2-3,6-8,11-12,14H,4-5,9-10H2,1H3,(H,26,28,31). The average Bonchev–Trinajstić information content (AvgIpc) is 3.31. The number of halogens is 4. The predicted molar refractivity (Wildman–Crippen MR) is 108 cm³/mol. The molecular weight excluding hydrogens is 433 g/mol. The number of carbonyl (C=O) groups is 1. The van der Waals surface area contributed by atoms with E-state index >= 15 is 0 Å². The highest BCUT2D eigenvalue weighted by molar-refractivity contribution is 6.30. The maximum absolute atomic E-state index is 13.0.